The summed E-state index contributed by atoms with van der Waals surface area (Å²) in [6.45, 7) is 6.40. The summed E-state index contributed by atoms with van der Waals surface area (Å²) in [5.74, 6) is 1.43. The first-order valence-electron chi connectivity index (χ1n) is 9.59. The molecule has 2 aliphatic heterocycles. The standard InChI is InChI=1S/C21H28N4O/c1-17-5-3-6-18(13-17)14-25-10-4-7-21(20(25)26)8-11-24(16-21)15-19-22-9-12-23(19)2/h3,5-6,9,12-13H,4,7-8,10-11,14-16H2,1-2H3/t21-/m1/s1. The monoisotopic (exact) mass is 352 g/mol. The first-order chi connectivity index (χ1) is 12.6. The molecule has 4 rings (SSSR count). The molecule has 138 valence electrons. The van der Waals surface area contributed by atoms with Crippen molar-refractivity contribution in [1.29, 1.82) is 0 Å². The van der Waals surface area contributed by atoms with Crippen molar-refractivity contribution >= 4 is 5.91 Å². The number of carbonyl (C=O) groups excluding carboxylic acids is 1. The van der Waals surface area contributed by atoms with Gasteiger partial charge in [-0.2, -0.15) is 0 Å². The summed E-state index contributed by atoms with van der Waals surface area (Å²) < 4.78 is 2.07. The van der Waals surface area contributed by atoms with Crippen molar-refractivity contribution in [1.82, 2.24) is 19.4 Å². The van der Waals surface area contributed by atoms with Crippen molar-refractivity contribution in [2.75, 3.05) is 19.6 Å². The number of benzene rings is 1. The number of amides is 1. The molecule has 0 saturated carbocycles. The third-order valence-electron chi connectivity index (χ3n) is 6.00. The zero-order valence-electron chi connectivity index (χ0n) is 15.8. The van der Waals surface area contributed by atoms with Crippen LogP contribution in [0.25, 0.3) is 0 Å². The summed E-state index contributed by atoms with van der Waals surface area (Å²) in [5.41, 5.74) is 2.30. The molecule has 1 amide bonds. The molecular weight excluding hydrogens is 324 g/mol. The van der Waals surface area contributed by atoms with Gasteiger partial charge >= 0.3 is 0 Å². The molecule has 1 aromatic heterocycles. The highest BCUT2D eigenvalue weighted by molar-refractivity contribution is 5.84. The van der Waals surface area contributed by atoms with E-state index in [0.717, 1.165) is 57.8 Å². The van der Waals surface area contributed by atoms with Gasteiger partial charge in [-0.3, -0.25) is 9.69 Å². The van der Waals surface area contributed by atoms with E-state index in [-0.39, 0.29) is 5.41 Å². The lowest BCUT2D eigenvalue weighted by atomic mass is 9.78. The quantitative estimate of drug-likeness (QED) is 0.850. The zero-order chi connectivity index (χ0) is 18.1. The van der Waals surface area contributed by atoms with E-state index in [2.05, 4.69) is 50.5 Å². The van der Waals surface area contributed by atoms with Crippen LogP contribution < -0.4 is 0 Å². The number of carbonyl (C=O) groups is 1. The second-order valence-corrected chi connectivity index (χ2v) is 8.01. The number of nitrogens with zero attached hydrogens (tertiary/aromatic N) is 4. The maximum Gasteiger partial charge on any atom is 0.230 e. The van der Waals surface area contributed by atoms with Gasteiger partial charge in [-0.15, -0.1) is 0 Å². The lowest BCUT2D eigenvalue weighted by Crippen LogP contribution is -2.49. The number of aromatic nitrogens is 2. The van der Waals surface area contributed by atoms with Crippen molar-refractivity contribution in [2.45, 2.75) is 39.3 Å². The molecule has 1 spiro atoms. The van der Waals surface area contributed by atoms with E-state index in [4.69, 9.17) is 0 Å². The Morgan fingerprint density at radius 3 is 2.85 bits per heavy atom. The van der Waals surface area contributed by atoms with Crippen LogP contribution in [0.5, 0.6) is 0 Å². The number of aryl methyl sites for hydroxylation is 2. The second kappa shape index (κ2) is 6.88. The first-order valence-corrected chi connectivity index (χ1v) is 9.59. The molecule has 26 heavy (non-hydrogen) atoms. The Kier molecular flexibility index (Phi) is 4.57. The Morgan fingerprint density at radius 2 is 2.08 bits per heavy atom. The molecule has 0 unspecified atom stereocenters. The molecule has 0 bridgehead atoms. The van der Waals surface area contributed by atoms with Crippen LogP contribution in [0.4, 0.5) is 0 Å². The molecule has 2 saturated heterocycles. The van der Waals surface area contributed by atoms with Gasteiger partial charge in [-0.1, -0.05) is 29.8 Å². The van der Waals surface area contributed by atoms with E-state index in [1.807, 2.05) is 19.4 Å². The van der Waals surface area contributed by atoms with Gasteiger partial charge in [-0.25, -0.2) is 4.98 Å². The highest BCUT2D eigenvalue weighted by atomic mass is 16.2. The van der Waals surface area contributed by atoms with Crippen LogP contribution in [-0.2, 0) is 24.9 Å². The molecule has 0 N–H and O–H groups in total. The van der Waals surface area contributed by atoms with Crippen LogP contribution in [0.15, 0.2) is 36.7 Å². The molecular formula is C21H28N4O. The minimum Gasteiger partial charge on any atom is -0.338 e. The zero-order valence-corrected chi connectivity index (χ0v) is 15.8. The topological polar surface area (TPSA) is 41.4 Å². The van der Waals surface area contributed by atoms with E-state index < -0.39 is 0 Å². The van der Waals surface area contributed by atoms with Crippen LogP contribution in [0.1, 0.15) is 36.2 Å². The number of imidazole rings is 1. The van der Waals surface area contributed by atoms with Crippen molar-refractivity contribution in [2.24, 2.45) is 12.5 Å². The smallest absolute Gasteiger partial charge is 0.230 e. The highest BCUT2D eigenvalue weighted by Crippen LogP contribution is 2.40. The Bertz CT molecular complexity index is 799. The van der Waals surface area contributed by atoms with Gasteiger partial charge in [-0.05, 0) is 38.3 Å². The Hall–Kier alpha value is -2.14. The van der Waals surface area contributed by atoms with E-state index in [0.29, 0.717) is 5.91 Å². The van der Waals surface area contributed by atoms with E-state index in [9.17, 15) is 4.79 Å². The average molecular weight is 352 g/mol. The fourth-order valence-electron chi connectivity index (χ4n) is 4.55. The van der Waals surface area contributed by atoms with E-state index >= 15 is 0 Å². The van der Waals surface area contributed by atoms with Gasteiger partial charge in [0.1, 0.15) is 5.82 Å². The van der Waals surface area contributed by atoms with Crippen molar-refractivity contribution in [3.63, 3.8) is 0 Å². The maximum atomic E-state index is 13.3. The molecule has 5 nitrogen and oxygen atoms in total. The third kappa shape index (κ3) is 3.28. The number of likely N-dealkylation sites (tertiary alicyclic amines) is 2. The summed E-state index contributed by atoms with van der Waals surface area (Å²) in [6, 6.07) is 8.51. The fraction of sp³-hybridized carbons (Fsp3) is 0.524. The predicted molar refractivity (Wildman–Crippen MR) is 101 cm³/mol. The molecule has 0 aliphatic carbocycles. The van der Waals surface area contributed by atoms with Crippen LogP contribution in [0.2, 0.25) is 0 Å². The highest BCUT2D eigenvalue weighted by Gasteiger charge is 2.48. The molecule has 1 aromatic carbocycles. The minimum absolute atomic E-state index is 0.187. The first kappa shape index (κ1) is 17.3. The summed E-state index contributed by atoms with van der Waals surface area (Å²) in [4.78, 5) is 22.3. The van der Waals surface area contributed by atoms with Gasteiger partial charge < -0.3 is 9.47 Å². The second-order valence-electron chi connectivity index (χ2n) is 8.01. The number of hydrogen-bond acceptors (Lipinski definition) is 3. The number of piperidine rings is 1. The van der Waals surface area contributed by atoms with Gasteiger partial charge in [0, 0.05) is 39.1 Å². The lowest BCUT2D eigenvalue weighted by Gasteiger charge is -2.39. The third-order valence-corrected chi connectivity index (χ3v) is 6.00. The Balaban J connectivity index is 1.45. The van der Waals surface area contributed by atoms with Gasteiger partial charge in [0.25, 0.3) is 0 Å². The Morgan fingerprint density at radius 1 is 1.19 bits per heavy atom. The Labute approximate surface area is 155 Å². The largest absolute Gasteiger partial charge is 0.338 e. The van der Waals surface area contributed by atoms with Gasteiger partial charge in [0.05, 0.1) is 12.0 Å². The normalized spacial score (nSPS) is 23.9. The SMILES string of the molecule is Cc1cccc(CN2CCC[C@]3(CCN(Cc4nccn4C)C3)C2=O)c1. The molecule has 5 heteroatoms. The molecule has 2 aromatic rings. The van der Waals surface area contributed by atoms with Crippen LogP contribution in [0.3, 0.4) is 0 Å². The van der Waals surface area contributed by atoms with Crippen molar-refractivity contribution in [3.05, 3.63) is 53.6 Å². The van der Waals surface area contributed by atoms with E-state index in [1.165, 1.54) is 11.1 Å². The molecule has 0 radical (unpaired) electrons. The van der Waals surface area contributed by atoms with Crippen LogP contribution in [0, 0.1) is 12.3 Å². The molecule has 3 heterocycles. The molecule has 1 atom stereocenters. The summed E-state index contributed by atoms with van der Waals surface area (Å²) in [5, 5.41) is 0. The average Bonchev–Trinajstić information content (AvgIpc) is 3.20. The summed E-state index contributed by atoms with van der Waals surface area (Å²) in [6.07, 6.45) is 6.93. The summed E-state index contributed by atoms with van der Waals surface area (Å²) in [7, 11) is 2.03. The minimum atomic E-state index is -0.187. The van der Waals surface area contributed by atoms with Crippen LogP contribution >= 0.6 is 0 Å². The van der Waals surface area contributed by atoms with E-state index in [1.54, 1.807) is 0 Å². The lowest BCUT2D eigenvalue weighted by molar-refractivity contribution is -0.146. The van der Waals surface area contributed by atoms with Crippen molar-refractivity contribution < 1.29 is 4.79 Å². The van der Waals surface area contributed by atoms with Gasteiger partial charge in [0.2, 0.25) is 5.91 Å². The van der Waals surface area contributed by atoms with Crippen molar-refractivity contribution in [3.8, 4) is 0 Å². The molecule has 2 aliphatic rings. The molecule has 2 fully saturated rings. The summed E-state index contributed by atoms with van der Waals surface area (Å²) >= 11 is 0. The predicted octanol–water partition coefficient (Wildman–Crippen LogP) is 2.74. The number of hydrogen-bond donors (Lipinski definition) is 0. The number of rotatable bonds is 4. The van der Waals surface area contributed by atoms with Crippen LogP contribution in [-0.4, -0.2) is 44.9 Å². The maximum absolute atomic E-state index is 13.3. The van der Waals surface area contributed by atoms with Gasteiger partial charge in [0.15, 0.2) is 0 Å². The fourth-order valence-corrected chi connectivity index (χ4v) is 4.55.